The molecule has 6 nitrogen and oxygen atoms in total. The summed E-state index contributed by atoms with van der Waals surface area (Å²) < 4.78 is 37.8. The van der Waals surface area contributed by atoms with Crippen molar-refractivity contribution in [2.24, 2.45) is 5.92 Å². The SMILES string of the molecule is CC[C@H]1CN(C(=O)CC(F)(F)F)C[C@H]1N(C)c1c(C#N)cnc2[nH]ccc12. The van der Waals surface area contributed by atoms with Gasteiger partial charge >= 0.3 is 6.18 Å². The lowest BCUT2D eigenvalue weighted by molar-refractivity contribution is -0.160. The molecule has 0 spiro atoms. The Kier molecular flexibility index (Phi) is 5.00. The van der Waals surface area contributed by atoms with E-state index in [4.69, 9.17) is 0 Å². The molecule has 0 aromatic carbocycles. The molecule has 2 atom stereocenters. The average molecular weight is 379 g/mol. The van der Waals surface area contributed by atoms with Crippen LogP contribution in [-0.2, 0) is 4.79 Å². The van der Waals surface area contributed by atoms with E-state index in [9.17, 15) is 23.2 Å². The van der Waals surface area contributed by atoms with Crippen molar-refractivity contribution in [3.05, 3.63) is 24.0 Å². The first kappa shape index (κ1) is 19.0. The molecule has 0 radical (unpaired) electrons. The number of aromatic amines is 1. The summed E-state index contributed by atoms with van der Waals surface area (Å²) in [7, 11) is 1.81. The zero-order valence-corrected chi connectivity index (χ0v) is 15.0. The summed E-state index contributed by atoms with van der Waals surface area (Å²) in [4.78, 5) is 22.4. The van der Waals surface area contributed by atoms with Gasteiger partial charge in [-0.1, -0.05) is 6.92 Å². The van der Waals surface area contributed by atoms with E-state index in [0.29, 0.717) is 23.3 Å². The predicted molar refractivity (Wildman–Crippen MR) is 94.0 cm³/mol. The number of carbonyl (C=O) groups is 1. The number of halogens is 3. The van der Waals surface area contributed by atoms with Gasteiger partial charge in [0.15, 0.2) is 0 Å². The minimum atomic E-state index is -4.51. The van der Waals surface area contributed by atoms with Crippen LogP contribution in [0.2, 0.25) is 0 Å². The first-order valence-electron chi connectivity index (χ1n) is 8.68. The molecule has 1 amide bonds. The number of H-pyrrole nitrogens is 1. The number of anilines is 1. The number of fused-ring (bicyclic) bond motifs is 1. The van der Waals surface area contributed by atoms with E-state index in [1.807, 2.05) is 24.9 Å². The van der Waals surface area contributed by atoms with Gasteiger partial charge in [-0.3, -0.25) is 4.79 Å². The number of pyridine rings is 1. The second-order valence-electron chi connectivity index (χ2n) is 6.81. The first-order valence-corrected chi connectivity index (χ1v) is 8.68. The standard InChI is InChI=1S/C18H20F3N5O/c1-3-11-9-26(15(27)6-18(19,20)21)10-14(11)25(2)16-12(7-22)8-24-17-13(16)4-5-23-17/h4-5,8,11,14H,3,6,9-10H2,1-2H3,(H,23,24)/t11-,14+/m0/s1. The molecule has 1 fully saturated rings. The summed E-state index contributed by atoms with van der Waals surface area (Å²) in [5.74, 6) is -0.889. The van der Waals surface area contributed by atoms with Crippen LogP contribution in [0, 0.1) is 17.2 Å². The Hall–Kier alpha value is -2.76. The molecular formula is C18H20F3N5O. The maximum atomic E-state index is 12.6. The van der Waals surface area contributed by atoms with Gasteiger partial charge in [0.1, 0.15) is 18.1 Å². The van der Waals surface area contributed by atoms with Crippen molar-refractivity contribution < 1.29 is 18.0 Å². The smallest absolute Gasteiger partial charge is 0.368 e. The molecule has 2 aromatic rings. The van der Waals surface area contributed by atoms with Crippen LogP contribution in [0.5, 0.6) is 0 Å². The third-order valence-electron chi connectivity index (χ3n) is 5.16. The molecule has 1 N–H and O–H groups in total. The number of carbonyl (C=O) groups excluding carboxylic acids is 1. The van der Waals surface area contributed by atoms with Crippen LogP contribution >= 0.6 is 0 Å². The second-order valence-corrected chi connectivity index (χ2v) is 6.81. The van der Waals surface area contributed by atoms with Gasteiger partial charge in [-0.05, 0) is 18.4 Å². The molecule has 0 aliphatic carbocycles. The molecule has 0 bridgehead atoms. The van der Waals surface area contributed by atoms with E-state index in [2.05, 4.69) is 16.0 Å². The number of hydrogen-bond donors (Lipinski definition) is 1. The average Bonchev–Trinajstić information content (AvgIpc) is 3.25. The lowest BCUT2D eigenvalue weighted by Crippen LogP contribution is -2.40. The summed E-state index contributed by atoms with van der Waals surface area (Å²) in [6.07, 6.45) is -2.04. The lowest BCUT2D eigenvalue weighted by atomic mass is 9.98. The van der Waals surface area contributed by atoms with Crippen LogP contribution in [0.25, 0.3) is 11.0 Å². The fraction of sp³-hybridized carbons (Fsp3) is 0.500. The van der Waals surface area contributed by atoms with Crippen LogP contribution in [0.4, 0.5) is 18.9 Å². The molecule has 3 rings (SSSR count). The van der Waals surface area contributed by atoms with Gasteiger partial charge in [0.2, 0.25) is 5.91 Å². The number of likely N-dealkylation sites (N-methyl/N-ethyl adjacent to an activating group) is 1. The monoisotopic (exact) mass is 379 g/mol. The van der Waals surface area contributed by atoms with Crippen molar-refractivity contribution >= 4 is 22.6 Å². The van der Waals surface area contributed by atoms with Gasteiger partial charge in [0.25, 0.3) is 0 Å². The summed E-state index contributed by atoms with van der Waals surface area (Å²) in [5, 5.41) is 10.3. The number of alkyl halides is 3. The Balaban J connectivity index is 1.90. The van der Waals surface area contributed by atoms with Crippen LogP contribution in [0.1, 0.15) is 25.3 Å². The number of likely N-dealkylation sites (tertiary alicyclic amines) is 1. The number of rotatable bonds is 4. The zero-order valence-electron chi connectivity index (χ0n) is 15.0. The molecule has 144 valence electrons. The minimum Gasteiger partial charge on any atom is -0.368 e. The molecule has 9 heteroatoms. The Bertz CT molecular complexity index is 885. The van der Waals surface area contributed by atoms with Crippen LogP contribution in [0.3, 0.4) is 0 Å². The van der Waals surface area contributed by atoms with E-state index in [1.54, 1.807) is 6.20 Å². The highest BCUT2D eigenvalue weighted by atomic mass is 19.4. The third kappa shape index (κ3) is 3.70. The van der Waals surface area contributed by atoms with Crippen molar-refractivity contribution in [2.75, 3.05) is 25.0 Å². The van der Waals surface area contributed by atoms with Crippen LogP contribution < -0.4 is 4.90 Å². The number of hydrogen-bond acceptors (Lipinski definition) is 4. The third-order valence-corrected chi connectivity index (χ3v) is 5.16. The normalized spacial score (nSPS) is 20.1. The van der Waals surface area contributed by atoms with Gasteiger partial charge in [-0.15, -0.1) is 0 Å². The van der Waals surface area contributed by atoms with E-state index in [1.165, 1.54) is 11.1 Å². The summed E-state index contributed by atoms with van der Waals surface area (Å²) >= 11 is 0. The zero-order chi connectivity index (χ0) is 19.8. The van der Waals surface area contributed by atoms with Crippen molar-refractivity contribution in [3.63, 3.8) is 0 Å². The molecule has 2 aromatic heterocycles. The van der Waals surface area contributed by atoms with Crippen LogP contribution in [-0.4, -0.2) is 53.1 Å². The van der Waals surface area contributed by atoms with Gasteiger partial charge in [-0.25, -0.2) is 4.98 Å². The molecule has 27 heavy (non-hydrogen) atoms. The van der Waals surface area contributed by atoms with Crippen molar-refractivity contribution in [3.8, 4) is 6.07 Å². The maximum Gasteiger partial charge on any atom is 0.397 e. The Morgan fingerprint density at radius 2 is 2.22 bits per heavy atom. The number of aromatic nitrogens is 2. The van der Waals surface area contributed by atoms with E-state index in [0.717, 1.165) is 5.39 Å². The first-order chi connectivity index (χ1) is 12.7. The topological polar surface area (TPSA) is 76.0 Å². The Labute approximate surface area is 154 Å². The summed E-state index contributed by atoms with van der Waals surface area (Å²) in [6, 6.07) is 3.77. The van der Waals surface area contributed by atoms with Gasteiger partial charge in [-0.2, -0.15) is 18.4 Å². The minimum absolute atomic E-state index is 0.0147. The van der Waals surface area contributed by atoms with Crippen molar-refractivity contribution in [2.45, 2.75) is 32.0 Å². The molecule has 1 saturated heterocycles. The summed E-state index contributed by atoms with van der Waals surface area (Å²) in [6.45, 7) is 2.43. The van der Waals surface area contributed by atoms with E-state index >= 15 is 0 Å². The largest absolute Gasteiger partial charge is 0.397 e. The van der Waals surface area contributed by atoms with Crippen molar-refractivity contribution in [1.82, 2.24) is 14.9 Å². The highest BCUT2D eigenvalue weighted by Crippen LogP contribution is 2.34. The molecule has 0 saturated carbocycles. The van der Waals surface area contributed by atoms with E-state index < -0.39 is 18.5 Å². The number of nitriles is 1. The molecule has 1 aliphatic heterocycles. The maximum absolute atomic E-state index is 12.6. The van der Waals surface area contributed by atoms with E-state index in [-0.39, 0.29) is 25.0 Å². The van der Waals surface area contributed by atoms with Gasteiger partial charge in [0.05, 0.1) is 17.3 Å². The second kappa shape index (κ2) is 7.10. The lowest BCUT2D eigenvalue weighted by Gasteiger charge is -2.31. The molecule has 3 heterocycles. The quantitative estimate of drug-likeness (QED) is 0.886. The van der Waals surface area contributed by atoms with Gasteiger partial charge in [0, 0.05) is 37.9 Å². The van der Waals surface area contributed by atoms with Crippen molar-refractivity contribution in [1.29, 1.82) is 5.26 Å². The fourth-order valence-electron chi connectivity index (χ4n) is 3.80. The highest BCUT2D eigenvalue weighted by Gasteiger charge is 2.41. The van der Waals surface area contributed by atoms with Crippen LogP contribution in [0.15, 0.2) is 18.5 Å². The number of amides is 1. The fourth-order valence-corrected chi connectivity index (χ4v) is 3.80. The highest BCUT2D eigenvalue weighted by molar-refractivity contribution is 5.93. The number of nitrogens with one attached hydrogen (secondary N) is 1. The molecular weight excluding hydrogens is 359 g/mol. The predicted octanol–water partition coefficient (Wildman–Crippen LogP) is 3.06. The summed E-state index contributed by atoms with van der Waals surface area (Å²) in [5.41, 5.74) is 1.70. The molecule has 0 unspecified atom stereocenters. The molecule has 1 aliphatic rings. The Morgan fingerprint density at radius 1 is 1.48 bits per heavy atom. The number of nitrogens with zero attached hydrogens (tertiary/aromatic N) is 4. The Morgan fingerprint density at radius 3 is 2.85 bits per heavy atom. The van der Waals surface area contributed by atoms with Gasteiger partial charge < -0.3 is 14.8 Å².